The molecule has 0 bridgehead atoms. The van der Waals surface area contributed by atoms with Crippen molar-refractivity contribution in [2.75, 3.05) is 23.4 Å². The summed E-state index contributed by atoms with van der Waals surface area (Å²) in [4.78, 5) is 12.3. The van der Waals surface area contributed by atoms with Gasteiger partial charge in [0.05, 0.1) is 5.92 Å². The number of anilines is 1. The monoisotopic (exact) mass is 278 g/mol. The molecule has 1 aliphatic rings. The van der Waals surface area contributed by atoms with Crippen LogP contribution in [0.4, 0.5) is 5.69 Å². The highest BCUT2D eigenvalue weighted by Crippen LogP contribution is 2.31. The number of nitrogens with one attached hydrogen (secondary N) is 2. The molecule has 1 aromatic rings. The molecule has 0 aliphatic carbocycles. The van der Waals surface area contributed by atoms with Gasteiger partial charge in [0.2, 0.25) is 5.91 Å². The lowest BCUT2D eigenvalue weighted by atomic mass is 10.00. The molecule has 0 spiro atoms. The maximum atomic E-state index is 12.3. The van der Waals surface area contributed by atoms with Crippen LogP contribution in [0.3, 0.4) is 0 Å². The minimum Gasteiger partial charge on any atom is -0.384 e. The Morgan fingerprint density at radius 3 is 3.11 bits per heavy atom. The van der Waals surface area contributed by atoms with E-state index in [1.165, 1.54) is 0 Å². The van der Waals surface area contributed by atoms with E-state index < -0.39 is 0 Å². The molecule has 0 saturated heterocycles. The van der Waals surface area contributed by atoms with Crippen molar-refractivity contribution in [1.82, 2.24) is 5.32 Å². The number of fused-ring (bicyclic) bond motifs is 1. The van der Waals surface area contributed by atoms with Crippen LogP contribution < -0.4 is 10.6 Å². The largest absolute Gasteiger partial charge is 0.384 e. The average molecular weight is 278 g/mol. The summed E-state index contributed by atoms with van der Waals surface area (Å²) in [5, 5.41) is 6.42. The van der Waals surface area contributed by atoms with Crippen LogP contribution >= 0.6 is 11.8 Å². The lowest BCUT2D eigenvalue weighted by molar-refractivity contribution is -0.122. The molecule has 1 heterocycles. The number of hydrogen-bond acceptors (Lipinski definition) is 3. The van der Waals surface area contributed by atoms with Gasteiger partial charge in [0.15, 0.2) is 0 Å². The Morgan fingerprint density at radius 2 is 2.32 bits per heavy atom. The van der Waals surface area contributed by atoms with Crippen LogP contribution in [-0.4, -0.2) is 30.0 Å². The normalized spacial score (nSPS) is 18.5. The Balaban J connectivity index is 1.88. The zero-order chi connectivity index (χ0) is 13.7. The first-order valence-corrected chi connectivity index (χ1v) is 8.08. The van der Waals surface area contributed by atoms with Crippen molar-refractivity contribution in [3.8, 4) is 0 Å². The Kier molecular flexibility index (Phi) is 5.14. The highest BCUT2D eigenvalue weighted by atomic mass is 32.2. The third-order valence-electron chi connectivity index (χ3n) is 3.44. The standard InChI is InChI=1S/C15H22N2OS/c1-3-19-9-8-11(2)17-15(18)13-10-16-14-7-5-4-6-12(13)14/h4-7,11,13,16H,3,8-10H2,1-2H3,(H,17,18). The van der Waals surface area contributed by atoms with E-state index in [1.807, 2.05) is 36.0 Å². The second-order valence-corrected chi connectivity index (χ2v) is 6.31. The fraction of sp³-hybridized carbons (Fsp3) is 0.533. The molecule has 104 valence electrons. The Hall–Kier alpha value is -1.16. The highest BCUT2D eigenvalue weighted by molar-refractivity contribution is 7.99. The zero-order valence-electron chi connectivity index (χ0n) is 11.6. The number of carbonyl (C=O) groups excluding carboxylic acids is 1. The van der Waals surface area contributed by atoms with E-state index in [0.717, 1.165) is 29.2 Å². The van der Waals surface area contributed by atoms with Crippen molar-refractivity contribution in [2.24, 2.45) is 0 Å². The molecule has 0 radical (unpaired) electrons. The van der Waals surface area contributed by atoms with E-state index in [-0.39, 0.29) is 17.9 Å². The van der Waals surface area contributed by atoms with Crippen molar-refractivity contribution < 1.29 is 4.79 Å². The van der Waals surface area contributed by atoms with E-state index >= 15 is 0 Å². The molecule has 4 heteroatoms. The third kappa shape index (κ3) is 3.66. The van der Waals surface area contributed by atoms with Gasteiger partial charge in [-0.2, -0.15) is 11.8 Å². The smallest absolute Gasteiger partial charge is 0.229 e. The highest BCUT2D eigenvalue weighted by Gasteiger charge is 2.28. The second kappa shape index (κ2) is 6.85. The predicted molar refractivity (Wildman–Crippen MR) is 82.9 cm³/mol. The molecular formula is C15H22N2OS. The molecule has 2 rings (SSSR count). The van der Waals surface area contributed by atoms with E-state index in [2.05, 4.69) is 24.5 Å². The summed E-state index contributed by atoms with van der Waals surface area (Å²) in [5.74, 6) is 2.35. The lowest BCUT2D eigenvalue weighted by Gasteiger charge is -2.17. The van der Waals surface area contributed by atoms with Crippen molar-refractivity contribution in [1.29, 1.82) is 0 Å². The minimum absolute atomic E-state index is 0.0440. The van der Waals surface area contributed by atoms with Gasteiger partial charge in [-0.3, -0.25) is 4.79 Å². The maximum Gasteiger partial charge on any atom is 0.229 e. The van der Waals surface area contributed by atoms with Crippen LogP contribution in [-0.2, 0) is 4.79 Å². The first-order valence-electron chi connectivity index (χ1n) is 6.93. The molecule has 0 fully saturated rings. The van der Waals surface area contributed by atoms with Crippen LogP contribution in [0.5, 0.6) is 0 Å². The SMILES string of the molecule is CCSCCC(C)NC(=O)C1CNc2ccccc21. The van der Waals surface area contributed by atoms with Gasteiger partial charge in [0.1, 0.15) is 0 Å². The molecular weight excluding hydrogens is 256 g/mol. The summed E-state index contributed by atoms with van der Waals surface area (Å²) < 4.78 is 0. The van der Waals surface area contributed by atoms with E-state index in [1.54, 1.807) is 0 Å². The predicted octanol–water partition coefficient (Wildman–Crippen LogP) is 2.84. The van der Waals surface area contributed by atoms with Gasteiger partial charge in [-0.05, 0) is 36.5 Å². The topological polar surface area (TPSA) is 41.1 Å². The van der Waals surface area contributed by atoms with Crippen LogP contribution in [0.2, 0.25) is 0 Å². The van der Waals surface area contributed by atoms with Gasteiger partial charge in [0, 0.05) is 18.3 Å². The number of thioether (sulfide) groups is 1. The molecule has 2 N–H and O–H groups in total. The van der Waals surface area contributed by atoms with Gasteiger partial charge in [0.25, 0.3) is 0 Å². The number of hydrogen-bond donors (Lipinski definition) is 2. The van der Waals surface area contributed by atoms with Gasteiger partial charge in [-0.25, -0.2) is 0 Å². The van der Waals surface area contributed by atoms with Crippen LogP contribution in [0.25, 0.3) is 0 Å². The number of amides is 1. The molecule has 1 aromatic carbocycles. The number of benzene rings is 1. The maximum absolute atomic E-state index is 12.3. The van der Waals surface area contributed by atoms with Crippen LogP contribution in [0.15, 0.2) is 24.3 Å². The van der Waals surface area contributed by atoms with Crippen molar-refractivity contribution in [3.63, 3.8) is 0 Å². The van der Waals surface area contributed by atoms with Gasteiger partial charge in [-0.1, -0.05) is 25.1 Å². The molecule has 2 atom stereocenters. The van der Waals surface area contributed by atoms with E-state index in [0.29, 0.717) is 6.54 Å². The van der Waals surface area contributed by atoms with Crippen LogP contribution in [0, 0.1) is 0 Å². The average Bonchev–Trinajstić information content (AvgIpc) is 2.83. The van der Waals surface area contributed by atoms with Gasteiger partial charge >= 0.3 is 0 Å². The summed E-state index contributed by atoms with van der Waals surface area (Å²) in [5.41, 5.74) is 2.21. The summed E-state index contributed by atoms with van der Waals surface area (Å²) >= 11 is 1.92. The summed E-state index contributed by atoms with van der Waals surface area (Å²) in [6.07, 6.45) is 1.03. The summed E-state index contributed by atoms with van der Waals surface area (Å²) in [6, 6.07) is 8.31. The van der Waals surface area contributed by atoms with Crippen LogP contribution in [0.1, 0.15) is 31.7 Å². The second-order valence-electron chi connectivity index (χ2n) is 4.92. The molecule has 0 aromatic heterocycles. The summed E-state index contributed by atoms with van der Waals surface area (Å²) in [6.45, 7) is 4.96. The molecule has 1 amide bonds. The molecule has 2 unspecified atom stereocenters. The van der Waals surface area contributed by atoms with Gasteiger partial charge < -0.3 is 10.6 Å². The van der Waals surface area contributed by atoms with Crippen molar-refractivity contribution in [2.45, 2.75) is 32.2 Å². The number of carbonyl (C=O) groups is 1. The fourth-order valence-corrected chi connectivity index (χ4v) is 3.15. The zero-order valence-corrected chi connectivity index (χ0v) is 12.4. The summed E-state index contributed by atoms with van der Waals surface area (Å²) in [7, 11) is 0. The first-order chi connectivity index (χ1) is 9.22. The lowest BCUT2D eigenvalue weighted by Crippen LogP contribution is -2.37. The van der Waals surface area contributed by atoms with E-state index in [4.69, 9.17) is 0 Å². The fourth-order valence-electron chi connectivity index (χ4n) is 2.34. The third-order valence-corrected chi connectivity index (χ3v) is 4.37. The quantitative estimate of drug-likeness (QED) is 0.786. The first kappa shape index (κ1) is 14.3. The molecule has 1 aliphatic heterocycles. The van der Waals surface area contributed by atoms with Gasteiger partial charge in [-0.15, -0.1) is 0 Å². The Morgan fingerprint density at radius 1 is 1.53 bits per heavy atom. The Bertz CT molecular complexity index is 436. The minimum atomic E-state index is -0.0440. The van der Waals surface area contributed by atoms with E-state index in [9.17, 15) is 4.79 Å². The van der Waals surface area contributed by atoms with Crippen molar-refractivity contribution in [3.05, 3.63) is 29.8 Å². The molecule has 19 heavy (non-hydrogen) atoms. The molecule has 0 saturated carbocycles. The Labute approximate surface area is 119 Å². The number of rotatable bonds is 6. The number of para-hydroxylation sites is 1. The molecule has 3 nitrogen and oxygen atoms in total. The van der Waals surface area contributed by atoms with Crippen molar-refractivity contribution >= 4 is 23.4 Å².